The maximum absolute atomic E-state index is 11.1. The zero-order chi connectivity index (χ0) is 11.8. The van der Waals surface area contributed by atoms with Gasteiger partial charge in [0, 0.05) is 25.5 Å². The molecule has 0 fully saturated rings. The molecule has 6 nitrogen and oxygen atoms in total. The molecule has 0 saturated carbocycles. The fourth-order valence-electron chi connectivity index (χ4n) is 1.09. The summed E-state index contributed by atoms with van der Waals surface area (Å²) in [5.41, 5.74) is 0. The first-order valence-electron chi connectivity index (χ1n) is 4.81. The van der Waals surface area contributed by atoms with Crippen LogP contribution in [0.4, 0.5) is 4.79 Å². The second kappa shape index (κ2) is 6.84. The van der Waals surface area contributed by atoms with Crippen LogP contribution in [0.15, 0.2) is 18.7 Å². The molecule has 16 heavy (non-hydrogen) atoms. The molecule has 0 radical (unpaired) electrons. The summed E-state index contributed by atoms with van der Waals surface area (Å²) in [7, 11) is 0. The molecule has 0 bridgehead atoms. The summed E-state index contributed by atoms with van der Waals surface area (Å²) < 4.78 is 1.91. The third-order valence-corrected chi connectivity index (χ3v) is 2.05. The van der Waals surface area contributed by atoms with Gasteiger partial charge in [0.1, 0.15) is 5.88 Å². The summed E-state index contributed by atoms with van der Waals surface area (Å²) in [5, 5.41) is 4.63. The second-order valence-corrected chi connectivity index (χ2v) is 3.36. The molecule has 3 amide bonds. The van der Waals surface area contributed by atoms with Crippen LogP contribution in [-0.2, 0) is 11.3 Å². The fourth-order valence-corrected chi connectivity index (χ4v) is 1.15. The Kier molecular flexibility index (Phi) is 5.35. The summed E-state index contributed by atoms with van der Waals surface area (Å²) in [6, 6.07) is -0.517. The highest BCUT2D eigenvalue weighted by Crippen LogP contribution is 1.88. The lowest BCUT2D eigenvalue weighted by Gasteiger charge is -2.05. The minimum Gasteiger partial charge on any atom is -0.338 e. The number of hydrogen-bond acceptors (Lipinski definition) is 3. The molecule has 88 valence electrons. The van der Waals surface area contributed by atoms with Crippen LogP contribution in [0, 0.1) is 0 Å². The summed E-state index contributed by atoms with van der Waals surface area (Å²) in [6.07, 6.45) is 6.01. The second-order valence-electron chi connectivity index (χ2n) is 3.09. The Morgan fingerprint density at radius 3 is 2.88 bits per heavy atom. The number of urea groups is 1. The summed E-state index contributed by atoms with van der Waals surface area (Å²) in [4.78, 5) is 25.7. The lowest BCUT2D eigenvalue weighted by Crippen LogP contribution is -2.40. The monoisotopic (exact) mass is 244 g/mol. The maximum Gasteiger partial charge on any atom is 0.321 e. The van der Waals surface area contributed by atoms with Crippen molar-refractivity contribution in [2.45, 2.75) is 13.0 Å². The molecule has 2 N–H and O–H groups in total. The predicted molar refractivity (Wildman–Crippen MR) is 59.1 cm³/mol. The van der Waals surface area contributed by atoms with E-state index >= 15 is 0 Å². The highest BCUT2D eigenvalue weighted by Gasteiger charge is 2.04. The molecular weight excluding hydrogens is 232 g/mol. The zero-order valence-corrected chi connectivity index (χ0v) is 9.41. The number of imide groups is 1. The first kappa shape index (κ1) is 12.5. The first-order valence-corrected chi connectivity index (χ1v) is 5.35. The van der Waals surface area contributed by atoms with Gasteiger partial charge >= 0.3 is 6.03 Å². The number of alkyl halides is 1. The van der Waals surface area contributed by atoms with Crippen molar-refractivity contribution in [3.8, 4) is 0 Å². The minimum atomic E-state index is -0.517. The Morgan fingerprint density at radius 1 is 1.44 bits per heavy atom. The average Bonchev–Trinajstić information content (AvgIpc) is 2.77. The summed E-state index contributed by atoms with van der Waals surface area (Å²) in [6.45, 7) is 1.25. The van der Waals surface area contributed by atoms with Crippen molar-refractivity contribution in [2.75, 3.05) is 12.4 Å². The van der Waals surface area contributed by atoms with Gasteiger partial charge in [0.2, 0.25) is 5.91 Å². The molecule has 0 atom stereocenters. The largest absolute Gasteiger partial charge is 0.338 e. The number of carbonyl (C=O) groups is 2. The van der Waals surface area contributed by atoms with Crippen molar-refractivity contribution in [1.82, 2.24) is 20.2 Å². The Bertz CT molecular complexity index is 339. The predicted octanol–water partition coefficient (Wildman–Crippen LogP) is 0.338. The number of rotatable bonds is 5. The molecule has 0 aliphatic heterocycles. The van der Waals surface area contributed by atoms with Crippen LogP contribution >= 0.6 is 11.6 Å². The van der Waals surface area contributed by atoms with Gasteiger partial charge in [0.05, 0.1) is 6.33 Å². The first-order chi connectivity index (χ1) is 7.72. The topological polar surface area (TPSA) is 76.0 Å². The van der Waals surface area contributed by atoms with Crippen LogP contribution in [0.25, 0.3) is 0 Å². The van der Waals surface area contributed by atoms with Gasteiger partial charge in [-0.25, -0.2) is 9.78 Å². The van der Waals surface area contributed by atoms with Gasteiger partial charge in [-0.1, -0.05) is 0 Å². The van der Waals surface area contributed by atoms with E-state index in [0.29, 0.717) is 6.54 Å². The highest BCUT2D eigenvalue weighted by molar-refractivity contribution is 6.28. The maximum atomic E-state index is 11.1. The molecular formula is C9H13ClN4O2. The Morgan fingerprint density at radius 2 is 2.25 bits per heavy atom. The van der Waals surface area contributed by atoms with E-state index in [1.54, 1.807) is 12.5 Å². The van der Waals surface area contributed by atoms with E-state index in [9.17, 15) is 9.59 Å². The van der Waals surface area contributed by atoms with Crippen LogP contribution < -0.4 is 10.6 Å². The molecule has 0 aromatic carbocycles. The smallest absolute Gasteiger partial charge is 0.321 e. The molecule has 0 spiro atoms. The molecule has 1 heterocycles. The van der Waals surface area contributed by atoms with E-state index in [0.717, 1.165) is 13.0 Å². The lowest BCUT2D eigenvalue weighted by atomic mass is 10.4. The number of nitrogens with one attached hydrogen (secondary N) is 2. The number of aryl methyl sites for hydroxylation is 1. The van der Waals surface area contributed by atoms with Gasteiger partial charge in [-0.3, -0.25) is 10.1 Å². The van der Waals surface area contributed by atoms with Crippen LogP contribution in [0.1, 0.15) is 6.42 Å². The van der Waals surface area contributed by atoms with Gasteiger partial charge in [-0.15, -0.1) is 11.6 Å². The van der Waals surface area contributed by atoms with Crippen molar-refractivity contribution >= 4 is 23.5 Å². The third kappa shape index (κ3) is 4.79. The standard InChI is InChI=1S/C9H13ClN4O2/c10-6-8(15)13-9(16)12-2-1-4-14-5-3-11-7-14/h3,5,7H,1-2,4,6H2,(H2,12,13,15,16). The van der Waals surface area contributed by atoms with Crippen LogP contribution in [0.2, 0.25) is 0 Å². The molecule has 1 aromatic heterocycles. The van der Waals surface area contributed by atoms with E-state index in [4.69, 9.17) is 11.6 Å². The van der Waals surface area contributed by atoms with Crippen LogP contribution in [-0.4, -0.2) is 33.9 Å². The van der Waals surface area contributed by atoms with Crippen molar-refractivity contribution in [3.05, 3.63) is 18.7 Å². The Hall–Kier alpha value is -1.56. The number of aromatic nitrogens is 2. The zero-order valence-electron chi connectivity index (χ0n) is 8.65. The SMILES string of the molecule is O=C(CCl)NC(=O)NCCCn1ccnc1. The van der Waals surface area contributed by atoms with Gasteiger partial charge in [-0.2, -0.15) is 0 Å². The van der Waals surface area contributed by atoms with Crippen molar-refractivity contribution in [1.29, 1.82) is 0 Å². The van der Waals surface area contributed by atoms with E-state index in [2.05, 4.69) is 15.6 Å². The third-order valence-electron chi connectivity index (χ3n) is 1.81. The Labute approximate surface area is 98.0 Å². The van der Waals surface area contributed by atoms with Crippen molar-refractivity contribution in [2.24, 2.45) is 0 Å². The summed E-state index contributed by atoms with van der Waals surface area (Å²) >= 11 is 5.22. The number of hydrogen-bond donors (Lipinski definition) is 2. The number of imidazole rings is 1. The van der Waals surface area contributed by atoms with E-state index < -0.39 is 11.9 Å². The van der Waals surface area contributed by atoms with Crippen molar-refractivity contribution < 1.29 is 9.59 Å². The fraction of sp³-hybridized carbons (Fsp3) is 0.444. The number of carbonyl (C=O) groups excluding carboxylic acids is 2. The molecule has 0 aliphatic carbocycles. The number of halogens is 1. The summed E-state index contributed by atoms with van der Waals surface area (Å²) in [5.74, 6) is -0.726. The molecule has 1 aromatic rings. The molecule has 0 saturated heterocycles. The normalized spacial score (nSPS) is 9.81. The molecule has 7 heteroatoms. The van der Waals surface area contributed by atoms with Crippen molar-refractivity contribution in [3.63, 3.8) is 0 Å². The van der Waals surface area contributed by atoms with Crippen LogP contribution in [0.5, 0.6) is 0 Å². The average molecular weight is 245 g/mol. The van der Waals surface area contributed by atoms with E-state index in [1.807, 2.05) is 10.8 Å². The number of amides is 3. The van der Waals surface area contributed by atoms with Gasteiger partial charge in [0.25, 0.3) is 0 Å². The lowest BCUT2D eigenvalue weighted by molar-refractivity contribution is -0.117. The molecule has 1 rings (SSSR count). The highest BCUT2D eigenvalue weighted by atomic mass is 35.5. The molecule has 0 unspecified atom stereocenters. The van der Waals surface area contributed by atoms with Gasteiger partial charge in [-0.05, 0) is 6.42 Å². The van der Waals surface area contributed by atoms with Gasteiger partial charge < -0.3 is 9.88 Å². The minimum absolute atomic E-state index is 0.220. The quantitative estimate of drug-likeness (QED) is 0.579. The molecule has 0 aliphatic rings. The van der Waals surface area contributed by atoms with E-state index in [1.165, 1.54) is 0 Å². The number of nitrogens with zero attached hydrogens (tertiary/aromatic N) is 2. The van der Waals surface area contributed by atoms with E-state index in [-0.39, 0.29) is 5.88 Å². The van der Waals surface area contributed by atoms with Crippen LogP contribution in [0.3, 0.4) is 0 Å². The van der Waals surface area contributed by atoms with Gasteiger partial charge in [0.15, 0.2) is 0 Å². The Balaban J connectivity index is 2.07.